The zero-order valence-electron chi connectivity index (χ0n) is 18.9. The smallest absolute Gasteiger partial charge is 0.407 e. The SMILES string of the molecule is N#Cc1ccc2c(c1)[C@@H]1CN(CC[C@H]3CC[C@H](NC(=O)C4CN(C(=O)O)C4)CC3)C[C@H]1CO2. The van der Waals surface area contributed by atoms with Gasteiger partial charge in [-0.3, -0.25) is 4.79 Å². The van der Waals surface area contributed by atoms with Crippen LogP contribution >= 0.6 is 0 Å². The highest BCUT2D eigenvalue weighted by atomic mass is 16.5. The molecule has 176 valence electrons. The average molecular weight is 453 g/mol. The molecule has 8 nitrogen and oxygen atoms in total. The number of rotatable bonds is 5. The zero-order valence-corrected chi connectivity index (χ0v) is 18.9. The van der Waals surface area contributed by atoms with Crippen LogP contribution in [0.2, 0.25) is 0 Å². The number of fused-ring (bicyclic) bond motifs is 3. The van der Waals surface area contributed by atoms with E-state index in [1.54, 1.807) is 0 Å². The fourth-order valence-corrected chi connectivity index (χ4v) is 5.98. The summed E-state index contributed by atoms with van der Waals surface area (Å²) in [5, 5.41) is 21.3. The van der Waals surface area contributed by atoms with E-state index in [4.69, 9.17) is 9.84 Å². The van der Waals surface area contributed by atoms with Gasteiger partial charge in [0.05, 0.1) is 24.2 Å². The predicted molar refractivity (Wildman–Crippen MR) is 121 cm³/mol. The van der Waals surface area contributed by atoms with E-state index < -0.39 is 6.09 Å². The highest BCUT2D eigenvalue weighted by Gasteiger charge is 2.39. The Kier molecular flexibility index (Phi) is 6.15. The Morgan fingerprint density at radius 3 is 2.67 bits per heavy atom. The topological polar surface area (TPSA) is 106 Å². The van der Waals surface area contributed by atoms with E-state index >= 15 is 0 Å². The number of hydrogen-bond donors (Lipinski definition) is 2. The Labute approximate surface area is 194 Å². The molecule has 33 heavy (non-hydrogen) atoms. The molecule has 2 atom stereocenters. The molecule has 0 aromatic heterocycles. The molecular formula is C25H32N4O4. The minimum Gasteiger partial charge on any atom is -0.493 e. The molecule has 2 saturated heterocycles. The maximum Gasteiger partial charge on any atom is 0.407 e. The fraction of sp³-hybridized carbons (Fsp3) is 0.640. The molecule has 0 radical (unpaired) electrons. The number of carbonyl (C=O) groups excluding carboxylic acids is 1. The summed E-state index contributed by atoms with van der Waals surface area (Å²) in [4.78, 5) is 27.0. The summed E-state index contributed by atoms with van der Waals surface area (Å²) in [6.45, 7) is 4.59. The van der Waals surface area contributed by atoms with Gasteiger partial charge in [-0.2, -0.15) is 5.26 Å². The van der Waals surface area contributed by atoms with Gasteiger partial charge in [0.25, 0.3) is 0 Å². The van der Waals surface area contributed by atoms with Crippen molar-refractivity contribution in [1.29, 1.82) is 5.26 Å². The number of hydrogen-bond acceptors (Lipinski definition) is 5. The van der Waals surface area contributed by atoms with Crippen molar-refractivity contribution in [3.8, 4) is 11.8 Å². The van der Waals surface area contributed by atoms with Gasteiger partial charge >= 0.3 is 6.09 Å². The summed E-state index contributed by atoms with van der Waals surface area (Å²) in [5.41, 5.74) is 1.90. The average Bonchev–Trinajstić information content (AvgIpc) is 3.20. The van der Waals surface area contributed by atoms with Crippen molar-refractivity contribution in [2.24, 2.45) is 17.8 Å². The third-order valence-corrected chi connectivity index (χ3v) is 8.08. The van der Waals surface area contributed by atoms with Gasteiger partial charge in [-0.25, -0.2) is 4.79 Å². The van der Waals surface area contributed by atoms with Gasteiger partial charge in [0.15, 0.2) is 0 Å². The molecule has 1 aromatic carbocycles. The summed E-state index contributed by atoms with van der Waals surface area (Å²) in [6.07, 6.45) is 4.52. The summed E-state index contributed by atoms with van der Waals surface area (Å²) in [6, 6.07) is 8.26. The Morgan fingerprint density at radius 2 is 1.94 bits per heavy atom. The second kappa shape index (κ2) is 9.22. The molecule has 1 saturated carbocycles. The molecule has 1 aliphatic carbocycles. The number of amides is 2. The van der Waals surface area contributed by atoms with Gasteiger partial charge in [0, 0.05) is 49.6 Å². The Morgan fingerprint density at radius 1 is 1.15 bits per heavy atom. The lowest BCUT2D eigenvalue weighted by molar-refractivity contribution is -0.130. The first-order chi connectivity index (χ1) is 16.0. The molecule has 2 amide bonds. The van der Waals surface area contributed by atoms with Crippen molar-refractivity contribution in [2.45, 2.75) is 44.1 Å². The Balaban J connectivity index is 1.04. The quantitative estimate of drug-likeness (QED) is 0.712. The first kappa shape index (κ1) is 22.0. The van der Waals surface area contributed by atoms with Crippen LogP contribution in [-0.4, -0.2) is 72.3 Å². The van der Waals surface area contributed by atoms with Crippen LogP contribution in [0.3, 0.4) is 0 Å². The van der Waals surface area contributed by atoms with Gasteiger partial charge in [-0.15, -0.1) is 0 Å². The molecule has 4 aliphatic rings. The van der Waals surface area contributed by atoms with E-state index in [-0.39, 0.29) is 17.9 Å². The second-order valence-electron chi connectivity index (χ2n) is 10.2. The lowest BCUT2D eigenvalue weighted by Gasteiger charge is -2.37. The van der Waals surface area contributed by atoms with Gasteiger partial charge < -0.3 is 25.0 Å². The summed E-state index contributed by atoms with van der Waals surface area (Å²) < 4.78 is 5.97. The number of ether oxygens (including phenoxy) is 1. The zero-order chi connectivity index (χ0) is 22.9. The third kappa shape index (κ3) is 4.65. The number of carboxylic acid groups (broad SMARTS) is 1. The first-order valence-electron chi connectivity index (χ1n) is 12.2. The van der Waals surface area contributed by atoms with Crippen LogP contribution < -0.4 is 10.1 Å². The van der Waals surface area contributed by atoms with Crippen LogP contribution in [0.4, 0.5) is 4.79 Å². The first-order valence-corrected chi connectivity index (χ1v) is 12.2. The van der Waals surface area contributed by atoms with Gasteiger partial charge in [-0.05, 0) is 62.8 Å². The number of nitriles is 1. The Bertz CT molecular complexity index is 946. The molecule has 3 heterocycles. The molecule has 2 N–H and O–H groups in total. The van der Waals surface area contributed by atoms with Crippen LogP contribution in [-0.2, 0) is 4.79 Å². The van der Waals surface area contributed by atoms with E-state index in [0.29, 0.717) is 36.4 Å². The standard InChI is InChI=1S/C25H32N4O4/c26-10-17-3-6-23-21(9-17)22-14-28(11-19(22)15-33-23)8-7-16-1-4-20(5-2-16)27-24(30)18-12-29(13-18)25(31)32/h3,6,9,16,18-20,22H,1-2,4-5,7-8,11-15H2,(H,27,30)(H,31,32)/t16-,19-,20-,22+/m0/s1. The number of likely N-dealkylation sites (tertiary alicyclic amines) is 2. The molecule has 5 rings (SSSR count). The van der Waals surface area contributed by atoms with Crippen molar-refractivity contribution >= 4 is 12.0 Å². The predicted octanol–water partition coefficient (Wildman–Crippen LogP) is 2.64. The van der Waals surface area contributed by atoms with E-state index in [1.165, 1.54) is 16.9 Å². The van der Waals surface area contributed by atoms with E-state index in [2.05, 4.69) is 16.3 Å². The number of nitrogens with zero attached hydrogens (tertiary/aromatic N) is 3. The maximum atomic E-state index is 12.3. The minimum atomic E-state index is -0.944. The van der Waals surface area contributed by atoms with Crippen molar-refractivity contribution in [2.75, 3.05) is 39.3 Å². The van der Waals surface area contributed by atoms with E-state index in [1.807, 2.05) is 18.2 Å². The Hall–Kier alpha value is -2.79. The molecule has 3 fully saturated rings. The second-order valence-corrected chi connectivity index (χ2v) is 10.2. The lowest BCUT2D eigenvalue weighted by Crippen LogP contribution is -2.56. The normalized spacial score (nSPS) is 29.2. The van der Waals surface area contributed by atoms with Crippen LogP contribution in [0.25, 0.3) is 0 Å². The highest BCUT2D eigenvalue weighted by molar-refractivity contribution is 5.82. The van der Waals surface area contributed by atoms with E-state index in [9.17, 15) is 14.9 Å². The van der Waals surface area contributed by atoms with Crippen LogP contribution in [0.15, 0.2) is 18.2 Å². The van der Waals surface area contributed by atoms with Crippen molar-refractivity contribution in [1.82, 2.24) is 15.1 Å². The molecule has 0 spiro atoms. The molecule has 0 bridgehead atoms. The number of nitrogens with one attached hydrogen (secondary N) is 1. The molecule has 8 heteroatoms. The fourth-order valence-electron chi connectivity index (χ4n) is 5.98. The van der Waals surface area contributed by atoms with Crippen molar-refractivity contribution in [3.05, 3.63) is 29.3 Å². The van der Waals surface area contributed by atoms with Crippen molar-refractivity contribution in [3.63, 3.8) is 0 Å². The molecule has 3 aliphatic heterocycles. The van der Waals surface area contributed by atoms with E-state index in [0.717, 1.165) is 57.7 Å². The lowest BCUT2D eigenvalue weighted by atomic mass is 9.83. The minimum absolute atomic E-state index is 0.0117. The van der Waals surface area contributed by atoms with Crippen LogP contribution in [0.5, 0.6) is 5.75 Å². The van der Waals surface area contributed by atoms with Crippen LogP contribution in [0, 0.1) is 29.1 Å². The summed E-state index contributed by atoms with van der Waals surface area (Å²) in [7, 11) is 0. The third-order valence-electron chi connectivity index (χ3n) is 8.08. The summed E-state index contributed by atoms with van der Waals surface area (Å²) in [5.74, 6) is 2.42. The van der Waals surface area contributed by atoms with Crippen LogP contribution in [0.1, 0.15) is 49.1 Å². The summed E-state index contributed by atoms with van der Waals surface area (Å²) >= 11 is 0. The maximum absolute atomic E-state index is 12.3. The highest BCUT2D eigenvalue weighted by Crippen LogP contribution is 2.42. The van der Waals surface area contributed by atoms with Gasteiger partial charge in [0.2, 0.25) is 5.91 Å². The largest absolute Gasteiger partial charge is 0.493 e. The number of benzene rings is 1. The monoisotopic (exact) mass is 452 g/mol. The molecular weight excluding hydrogens is 420 g/mol. The molecule has 1 aromatic rings. The van der Waals surface area contributed by atoms with Crippen molar-refractivity contribution < 1.29 is 19.4 Å². The van der Waals surface area contributed by atoms with Gasteiger partial charge in [0.1, 0.15) is 5.75 Å². The number of carbonyl (C=O) groups is 2. The van der Waals surface area contributed by atoms with Gasteiger partial charge in [-0.1, -0.05) is 0 Å². The molecule has 0 unspecified atom stereocenters.